The summed E-state index contributed by atoms with van der Waals surface area (Å²) in [4.78, 5) is 33.9. The van der Waals surface area contributed by atoms with Gasteiger partial charge in [-0.25, -0.2) is 29.1 Å². The zero-order chi connectivity index (χ0) is 28.2. The Morgan fingerprint density at radius 1 is 1.10 bits per heavy atom. The first-order valence-electron chi connectivity index (χ1n) is 11.6. The molecule has 0 unspecified atom stereocenters. The van der Waals surface area contributed by atoms with Crippen molar-refractivity contribution in [3.8, 4) is 34.5 Å². The molecule has 14 heteroatoms. The van der Waals surface area contributed by atoms with Gasteiger partial charge in [0.05, 0.1) is 47.9 Å². The van der Waals surface area contributed by atoms with Gasteiger partial charge < -0.3 is 14.2 Å². The Hall–Kier alpha value is -5.47. The van der Waals surface area contributed by atoms with Crippen LogP contribution in [-0.2, 0) is 4.74 Å². The van der Waals surface area contributed by atoms with Crippen LogP contribution in [0.5, 0.6) is 11.8 Å². The molecule has 1 N–H and O–H groups in total. The Labute approximate surface area is 229 Å². The lowest BCUT2D eigenvalue weighted by Gasteiger charge is -2.14. The number of thiazole rings is 1. The van der Waals surface area contributed by atoms with Gasteiger partial charge in [-0.05, 0) is 31.2 Å². The van der Waals surface area contributed by atoms with Gasteiger partial charge >= 0.3 is 6.09 Å². The molecule has 0 saturated carbocycles. The fourth-order valence-electron chi connectivity index (χ4n) is 3.57. The quantitative estimate of drug-likeness (QED) is 0.297. The molecule has 198 valence electrons. The number of nitrogens with one attached hydrogen (secondary N) is 1. The first kappa shape index (κ1) is 26.1. The highest BCUT2D eigenvalue weighted by Crippen LogP contribution is 2.35. The third-order valence-corrected chi connectivity index (χ3v) is 6.38. The molecule has 1 aromatic carbocycles. The molecule has 0 radical (unpaired) electrons. The maximum absolute atomic E-state index is 14.8. The van der Waals surface area contributed by atoms with Crippen LogP contribution in [0.3, 0.4) is 0 Å². The number of carbonyl (C=O) groups excluding carboxylic acids is 1. The molecule has 40 heavy (non-hydrogen) atoms. The number of aromatic nitrogens is 5. The standard InChI is InChI=1S/C26H17FN8O4S/c1-13(39-26(36)32-16-4-3-15(9-29)30-10-16)12-38-23-18(27)7-20-25(35-23)40-24(34-20)17-5-14(8-28)6-19-22(17)31-11-21(33-19)37-2/h3-7,10-11,13H,12H2,1-2H3,(H,32,36)/t13-/m1/s1. The van der Waals surface area contributed by atoms with Crippen molar-refractivity contribution < 1.29 is 23.4 Å². The van der Waals surface area contributed by atoms with Gasteiger partial charge in [-0.15, -0.1) is 0 Å². The number of carbonyl (C=O) groups is 1. The van der Waals surface area contributed by atoms with E-state index in [-0.39, 0.29) is 18.2 Å². The van der Waals surface area contributed by atoms with E-state index in [9.17, 15) is 14.4 Å². The van der Waals surface area contributed by atoms with Gasteiger partial charge in [0.25, 0.3) is 5.88 Å². The van der Waals surface area contributed by atoms with Crippen molar-refractivity contribution in [1.29, 1.82) is 10.5 Å². The number of methoxy groups -OCH3 is 1. The van der Waals surface area contributed by atoms with E-state index in [0.717, 1.165) is 0 Å². The molecular weight excluding hydrogens is 539 g/mol. The highest BCUT2D eigenvalue weighted by molar-refractivity contribution is 7.21. The summed E-state index contributed by atoms with van der Waals surface area (Å²) in [6, 6.07) is 11.4. The van der Waals surface area contributed by atoms with Crippen LogP contribution in [0.2, 0.25) is 0 Å². The van der Waals surface area contributed by atoms with Crippen molar-refractivity contribution in [2.24, 2.45) is 0 Å². The fraction of sp³-hybridized carbons (Fsp3) is 0.154. The summed E-state index contributed by atoms with van der Waals surface area (Å²) in [5.41, 5.74) is 2.68. The van der Waals surface area contributed by atoms with Crippen molar-refractivity contribution in [2.75, 3.05) is 19.0 Å². The minimum absolute atomic E-state index is 0.174. The van der Waals surface area contributed by atoms with Crippen LogP contribution >= 0.6 is 11.3 Å². The number of nitrogens with zero attached hydrogens (tertiary/aromatic N) is 7. The summed E-state index contributed by atoms with van der Waals surface area (Å²) in [6.07, 6.45) is 1.25. The number of hydrogen-bond acceptors (Lipinski definition) is 12. The molecule has 5 rings (SSSR count). The van der Waals surface area contributed by atoms with Crippen molar-refractivity contribution in [3.05, 3.63) is 59.8 Å². The largest absolute Gasteiger partial charge is 0.480 e. The summed E-state index contributed by atoms with van der Waals surface area (Å²) >= 11 is 1.17. The molecule has 0 aliphatic heterocycles. The highest BCUT2D eigenvalue weighted by Gasteiger charge is 2.18. The number of amides is 1. The molecule has 1 atom stereocenters. The molecule has 0 bridgehead atoms. The normalized spacial score (nSPS) is 11.4. The molecule has 0 saturated heterocycles. The van der Waals surface area contributed by atoms with Gasteiger partial charge in [-0.3, -0.25) is 5.32 Å². The summed E-state index contributed by atoms with van der Waals surface area (Å²) in [5, 5.41) is 21.2. The molecule has 1 amide bonds. The second kappa shape index (κ2) is 11.1. The molecule has 4 heterocycles. The predicted molar refractivity (Wildman–Crippen MR) is 141 cm³/mol. The van der Waals surface area contributed by atoms with Crippen molar-refractivity contribution >= 4 is 44.5 Å². The van der Waals surface area contributed by atoms with Crippen LogP contribution < -0.4 is 14.8 Å². The predicted octanol–water partition coefficient (Wildman–Crippen LogP) is 4.60. The monoisotopic (exact) mass is 556 g/mol. The minimum atomic E-state index is -0.772. The number of fused-ring (bicyclic) bond motifs is 2. The SMILES string of the molecule is COc1cnc2c(-c3nc4cc(F)c(OC[C@@H](C)OC(=O)Nc5ccc(C#N)nc5)nc4s3)cc(C#N)cc2n1. The Balaban J connectivity index is 1.32. The molecule has 5 aromatic rings. The van der Waals surface area contributed by atoms with Crippen LogP contribution in [0.15, 0.2) is 42.7 Å². The van der Waals surface area contributed by atoms with Gasteiger partial charge in [-0.1, -0.05) is 11.3 Å². The second-order valence-electron chi connectivity index (χ2n) is 8.23. The van der Waals surface area contributed by atoms with Crippen molar-refractivity contribution in [3.63, 3.8) is 0 Å². The maximum Gasteiger partial charge on any atom is 0.412 e. The minimum Gasteiger partial charge on any atom is -0.480 e. The van der Waals surface area contributed by atoms with E-state index in [1.54, 1.807) is 19.1 Å². The Morgan fingerprint density at radius 2 is 1.95 bits per heavy atom. The van der Waals surface area contributed by atoms with E-state index in [1.807, 2.05) is 6.07 Å². The van der Waals surface area contributed by atoms with Crippen LogP contribution in [0.4, 0.5) is 14.9 Å². The Bertz CT molecular complexity index is 1830. The average Bonchev–Trinajstić information content (AvgIpc) is 3.37. The first-order valence-corrected chi connectivity index (χ1v) is 12.4. The highest BCUT2D eigenvalue weighted by atomic mass is 32.1. The topological polar surface area (TPSA) is 169 Å². The number of halogens is 1. The van der Waals surface area contributed by atoms with Crippen LogP contribution in [0.25, 0.3) is 32.0 Å². The maximum atomic E-state index is 14.8. The van der Waals surface area contributed by atoms with E-state index < -0.39 is 18.0 Å². The van der Waals surface area contributed by atoms with Crippen molar-refractivity contribution in [1.82, 2.24) is 24.9 Å². The lowest BCUT2D eigenvalue weighted by Crippen LogP contribution is -2.25. The zero-order valence-electron chi connectivity index (χ0n) is 20.9. The van der Waals surface area contributed by atoms with Crippen LogP contribution in [0.1, 0.15) is 18.2 Å². The third-order valence-electron chi connectivity index (χ3n) is 5.39. The number of hydrogen-bond donors (Lipinski definition) is 1. The molecule has 0 spiro atoms. The number of pyridine rings is 2. The Kier molecular flexibility index (Phi) is 7.26. The van der Waals surface area contributed by atoms with E-state index in [4.69, 9.17) is 19.5 Å². The van der Waals surface area contributed by atoms with Gasteiger partial charge in [0, 0.05) is 11.6 Å². The van der Waals surface area contributed by atoms with Gasteiger partial charge in [0.1, 0.15) is 39.8 Å². The van der Waals surface area contributed by atoms with E-state index in [1.165, 1.54) is 49.0 Å². The third kappa shape index (κ3) is 5.52. The number of anilines is 1. The first-order chi connectivity index (χ1) is 19.4. The lowest BCUT2D eigenvalue weighted by atomic mass is 10.1. The molecule has 0 aliphatic carbocycles. The molecule has 0 fully saturated rings. The van der Waals surface area contributed by atoms with E-state index in [0.29, 0.717) is 49.1 Å². The molecule has 0 aliphatic rings. The number of benzene rings is 1. The van der Waals surface area contributed by atoms with Gasteiger partial charge in [-0.2, -0.15) is 15.5 Å². The zero-order valence-corrected chi connectivity index (χ0v) is 21.7. The van der Waals surface area contributed by atoms with Gasteiger partial charge in [0.15, 0.2) is 5.82 Å². The van der Waals surface area contributed by atoms with Crippen LogP contribution in [0, 0.1) is 28.5 Å². The molecule has 4 aromatic heterocycles. The summed E-state index contributed by atoms with van der Waals surface area (Å²) in [6.45, 7) is 1.40. The Morgan fingerprint density at radius 3 is 2.67 bits per heavy atom. The lowest BCUT2D eigenvalue weighted by molar-refractivity contribution is 0.0827. The molecule has 12 nitrogen and oxygen atoms in total. The summed E-state index contributed by atoms with van der Waals surface area (Å²) in [7, 11) is 1.47. The smallest absolute Gasteiger partial charge is 0.412 e. The van der Waals surface area contributed by atoms with Crippen molar-refractivity contribution in [2.45, 2.75) is 13.0 Å². The van der Waals surface area contributed by atoms with E-state index >= 15 is 0 Å². The summed E-state index contributed by atoms with van der Waals surface area (Å²) in [5.74, 6) is -0.731. The number of nitriles is 2. The van der Waals surface area contributed by atoms with Gasteiger partial charge in [0.2, 0.25) is 5.88 Å². The molecular formula is C26H17FN8O4S. The second-order valence-corrected chi connectivity index (χ2v) is 9.21. The van der Waals surface area contributed by atoms with E-state index in [2.05, 4.69) is 36.3 Å². The fourth-order valence-corrected chi connectivity index (χ4v) is 4.50. The average molecular weight is 557 g/mol. The summed E-state index contributed by atoms with van der Waals surface area (Å²) < 4.78 is 30.6. The number of ether oxygens (including phenoxy) is 3. The number of rotatable bonds is 7. The van der Waals surface area contributed by atoms with Crippen LogP contribution in [-0.4, -0.2) is 50.8 Å².